The number of carbonyl (C=O) groups is 3. The maximum atomic E-state index is 12.0. The van der Waals surface area contributed by atoms with E-state index in [1.807, 2.05) is 0 Å². The van der Waals surface area contributed by atoms with Crippen LogP contribution < -0.4 is 0 Å². The van der Waals surface area contributed by atoms with Gasteiger partial charge in [-0.3, -0.25) is 14.4 Å². The highest BCUT2D eigenvalue weighted by atomic mass is 16.5. The molecule has 2 rings (SSSR count). The zero-order valence-corrected chi connectivity index (χ0v) is 19.9. The van der Waals surface area contributed by atoms with Crippen LogP contribution in [0.3, 0.4) is 0 Å². The summed E-state index contributed by atoms with van der Waals surface area (Å²) >= 11 is 0. The summed E-state index contributed by atoms with van der Waals surface area (Å²) in [5, 5.41) is 0. The average molecular weight is 435 g/mol. The van der Waals surface area contributed by atoms with E-state index in [9.17, 15) is 14.4 Å². The van der Waals surface area contributed by atoms with Crippen LogP contribution in [0.2, 0.25) is 0 Å². The van der Waals surface area contributed by atoms with Crippen molar-refractivity contribution in [2.75, 3.05) is 13.2 Å². The third kappa shape index (κ3) is 6.44. The van der Waals surface area contributed by atoms with Crippen LogP contribution >= 0.6 is 0 Å². The summed E-state index contributed by atoms with van der Waals surface area (Å²) in [5.74, 6) is 0.275. The van der Waals surface area contributed by atoms with Crippen molar-refractivity contribution < 1.29 is 28.6 Å². The number of ether oxygens (including phenoxy) is 3. The third-order valence-electron chi connectivity index (χ3n) is 7.32. The standard InChI is InChI=1S/C25H38O6/c1-17-10-13-24(5)12-8-7-9-23(24)25(17,6)15-22(31-20(4)28)21(16-30-19(3)27)11-14-29-18(2)26/h8,12,17,23H,7,9-11,13-16H2,1-6H3/b22-21-. The summed E-state index contributed by atoms with van der Waals surface area (Å²) < 4.78 is 16.1. The van der Waals surface area contributed by atoms with Gasteiger partial charge < -0.3 is 14.2 Å². The highest BCUT2D eigenvalue weighted by molar-refractivity contribution is 5.68. The first-order valence-corrected chi connectivity index (χ1v) is 11.3. The minimum atomic E-state index is -0.408. The summed E-state index contributed by atoms with van der Waals surface area (Å²) in [4.78, 5) is 34.7. The predicted octanol–water partition coefficient (Wildman–Crippen LogP) is 5.12. The van der Waals surface area contributed by atoms with Gasteiger partial charge in [-0.2, -0.15) is 0 Å². The van der Waals surface area contributed by atoms with Crippen LogP contribution in [0, 0.1) is 22.7 Å². The molecule has 0 aromatic rings. The molecule has 0 aromatic carbocycles. The summed E-state index contributed by atoms with van der Waals surface area (Å²) in [6, 6.07) is 0. The molecule has 1 saturated carbocycles. The van der Waals surface area contributed by atoms with E-state index in [4.69, 9.17) is 14.2 Å². The van der Waals surface area contributed by atoms with Crippen LogP contribution in [0.15, 0.2) is 23.5 Å². The maximum Gasteiger partial charge on any atom is 0.307 e. The number of carbonyl (C=O) groups excluding carboxylic acids is 3. The van der Waals surface area contributed by atoms with Gasteiger partial charge in [0.25, 0.3) is 0 Å². The molecule has 0 saturated heterocycles. The Morgan fingerprint density at radius 2 is 1.68 bits per heavy atom. The lowest BCUT2D eigenvalue weighted by Gasteiger charge is -2.56. The SMILES string of the molecule is CC(=O)OCC/C(COC(C)=O)=C(\CC1(C)C(C)CCC2(C)C=CCCC21)OC(C)=O. The first kappa shape index (κ1) is 25.2. The highest BCUT2D eigenvalue weighted by Gasteiger charge is 2.52. The van der Waals surface area contributed by atoms with Crippen molar-refractivity contribution in [2.45, 2.75) is 80.1 Å². The molecule has 0 radical (unpaired) electrons. The fourth-order valence-corrected chi connectivity index (χ4v) is 5.45. The topological polar surface area (TPSA) is 78.9 Å². The van der Waals surface area contributed by atoms with Crippen molar-refractivity contribution in [3.05, 3.63) is 23.5 Å². The van der Waals surface area contributed by atoms with E-state index in [1.54, 1.807) is 0 Å². The van der Waals surface area contributed by atoms with Crippen LogP contribution in [-0.4, -0.2) is 31.1 Å². The number of hydrogen-bond acceptors (Lipinski definition) is 6. The van der Waals surface area contributed by atoms with Crippen molar-refractivity contribution in [1.82, 2.24) is 0 Å². The first-order chi connectivity index (χ1) is 14.5. The van der Waals surface area contributed by atoms with E-state index in [-0.39, 0.29) is 30.0 Å². The molecule has 2 aliphatic carbocycles. The largest absolute Gasteiger partial charge is 0.466 e. The highest BCUT2D eigenvalue weighted by Crippen LogP contribution is 2.60. The molecule has 0 aliphatic heterocycles. The van der Waals surface area contributed by atoms with E-state index >= 15 is 0 Å². The van der Waals surface area contributed by atoms with Gasteiger partial charge in [0.15, 0.2) is 0 Å². The normalized spacial score (nSPS) is 30.6. The van der Waals surface area contributed by atoms with Crippen LogP contribution in [0.25, 0.3) is 0 Å². The molecule has 0 aromatic heterocycles. The van der Waals surface area contributed by atoms with Gasteiger partial charge in [0, 0.05) is 39.2 Å². The lowest BCUT2D eigenvalue weighted by molar-refractivity contribution is -0.143. The zero-order chi connectivity index (χ0) is 23.2. The second-order valence-electron chi connectivity index (χ2n) is 9.65. The summed E-state index contributed by atoms with van der Waals surface area (Å²) in [6.45, 7) is 11.2. The molecule has 0 spiro atoms. The van der Waals surface area contributed by atoms with E-state index in [0.29, 0.717) is 36.0 Å². The smallest absolute Gasteiger partial charge is 0.307 e. The van der Waals surface area contributed by atoms with Crippen LogP contribution in [0.5, 0.6) is 0 Å². The van der Waals surface area contributed by atoms with Gasteiger partial charge in [-0.25, -0.2) is 0 Å². The molecule has 0 heterocycles. The Morgan fingerprint density at radius 3 is 2.29 bits per heavy atom. The second-order valence-corrected chi connectivity index (χ2v) is 9.65. The van der Waals surface area contributed by atoms with Gasteiger partial charge in [0.1, 0.15) is 12.4 Å². The Bertz CT molecular complexity index is 751. The number of allylic oxidation sites excluding steroid dienone is 3. The van der Waals surface area contributed by atoms with Crippen molar-refractivity contribution in [2.24, 2.45) is 22.7 Å². The monoisotopic (exact) mass is 434 g/mol. The van der Waals surface area contributed by atoms with Crippen molar-refractivity contribution in [3.8, 4) is 0 Å². The van der Waals surface area contributed by atoms with Crippen molar-refractivity contribution in [3.63, 3.8) is 0 Å². The first-order valence-electron chi connectivity index (χ1n) is 11.3. The summed E-state index contributed by atoms with van der Waals surface area (Å²) in [7, 11) is 0. The molecule has 0 N–H and O–H groups in total. The van der Waals surface area contributed by atoms with Crippen LogP contribution in [0.1, 0.15) is 80.1 Å². The van der Waals surface area contributed by atoms with Gasteiger partial charge >= 0.3 is 17.9 Å². The molecular weight excluding hydrogens is 396 g/mol. The second kappa shape index (κ2) is 10.5. The molecule has 4 unspecified atom stereocenters. The Morgan fingerprint density at radius 1 is 1.00 bits per heavy atom. The zero-order valence-electron chi connectivity index (χ0n) is 19.9. The van der Waals surface area contributed by atoms with Crippen LogP contribution in [-0.2, 0) is 28.6 Å². The fraction of sp³-hybridized carbons (Fsp3) is 0.720. The van der Waals surface area contributed by atoms with E-state index in [1.165, 1.54) is 20.8 Å². The van der Waals surface area contributed by atoms with Crippen molar-refractivity contribution in [1.29, 1.82) is 0 Å². The summed E-state index contributed by atoms with van der Waals surface area (Å²) in [5.41, 5.74) is 0.749. The van der Waals surface area contributed by atoms with E-state index in [2.05, 4.69) is 32.9 Å². The minimum Gasteiger partial charge on any atom is -0.466 e. The molecule has 1 fully saturated rings. The summed E-state index contributed by atoms with van der Waals surface area (Å²) in [6.07, 6.45) is 10.0. The Hall–Kier alpha value is -2.11. The maximum absolute atomic E-state index is 12.0. The van der Waals surface area contributed by atoms with Gasteiger partial charge in [0.05, 0.1) is 6.61 Å². The molecule has 4 atom stereocenters. The van der Waals surface area contributed by atoms with Gasteiger partial charge in [-0.1, -0.05) is 32.9 Å². The molecule has 6 nitrogen and oxygen atoms in total. The molecule has 2 aliphatic rings. The fourth-order valence-electron chi connectivity index (χ4n) is 5.45. The number of fused-ring (bicyclic) bond motifs is 1. The number of hydrogen-bond donors (Lipinski definition) is 0. The predicted molar refractivity (Wildman–Crippen MR) is 118 cm³/mol. The molecule has 0 amide bonds. The molecular formula is C25H38O6. The van der Waals surface area contributed by atoms with E-state index < -0.39 is 11.9 Å². The molecule has 0 bridgehead atoms. The number of rotatable bonds is 8. The third-order valence-corrected chi connectivity index (χ3v) is 7.32. The van der Waals surface area contributed by atoms with Gasteiger partial charge in [-0.05, 0) is 48.3 Å². The quantitative estimate of drug-likeness (QED) is 0.228. The van der Waals surface area contributed by atoms with Gasteiger partial charge in [-0.15, -0.1) is 0 Å². The Balaban J connectivity index is 2.41. The lowest BCUT2D eigenvalue weighted by atomic mass is 9.48. The molecule has 6 heteroatoms. The van der Waals surface area contributed by atoms with E-state index in [0.717, 1.165) is 25.7 Å². The minimum absolute atomic E-state index is 0.0194. The Kier molecular flexibility index (Phi) is 8.49. The molecule has 174 valence electrons. The average Bonchev–Trinajstić information content (AvgIpc) is 2.66. The molecule has 31 heavy (non-hydrogen) atoms. The number of esters is 3. The lowest BCUT2D eigenvalue weighted by Crippen LogP contribution is -2.48. The van der Waals surface area contributed by atoms with Crippen LogP contribution in [0.4, 0.5) is 0 Å². The Labute approximate surface area is 186 Å². The van der Waals surface area contributed by atoms with Gasteiger partial charge in [0.2, 0.25) is 0 Å². The van der Waals surface area contributed by atoms with Crippen molar-refractivity contribution >= 4 is 17.9 Å².